The zero-order valence-electron chi connectivity index (χ0n) is 11.7. The quantitative estimate of drug-likeness (QED) is 0.697. The van der Waals surface area contributed by atoms with E-state index in [0.717, 1.165) is 14.9 Å². The van der Waals surface area contributed by atoms with Crippen LogP contribution >= 0.6 is 27.7 Å². The third-order valence-electron chi connectivity index (χ3n) is 2.65. The summed E-state index contributed by atoms with van der Waals surface area (Å²) in [5, 5.41) is 12.2. The second-order valence-electron chi connectivity index (χ2n) is 4.45. The van der Waals surface area contributed by atoms with Gasteiger partial charge in [0.15, 0.2) is 0 Å². The highest BCUT2D eigenvalue weighted by atomic mass is 79.9. The summed E-state index contributed by atoms with van der Waals surface area (Å²) < 4.78 is 5.86. The number of aliphatic hydroxyl groups is 1. The van der Waals surface area contributed by atoms with Crippen LogP contribution in [0.5, 0.6) is 0 Å². The van der Waals surface area contributed by atoms with E-state index < -0.39 is 6.10 Å². The number of thioether (sulfide) groups is 1. The first kappa shape index (κ1) is 17.5. The average molecular weight is 362 g/mol. The molecule has 4 nitrogen and oxygen atoms in total. The molecule has 1 aromatic carbocycles. The Bertz CT molecular complexity index is 442. The number of amides is 1. The number of nitrogens with one attached hydrogen (secondary N) is 1. The lowest BCUT2D eigenvalue weighted by atomic mass is 10.2. The van der Waals surface area contributed by atoms with Crippen LogP contribution in [-0.2, 0) is 9.53 Å². The number of aryl methyl sites for hydroxylation is 1. The summed E-state index contributed by atoms with van der Waals surface area (Å²) in [5.41, 5.74) is 1.15. The molecular weight excluding hydrogens is 342 g/mol. The zero-order chi connectivity index (χ0) is 15.0. The molecule has 1 unspecified atom stereocenters. The Morgan fingerprint density at radius 2 is 2.30 bits per heavy atom. The highest BCUT2D eigenvalue weighted by molar-refractivity contribution is 9.10. The van der Waals surface area contributed by atoms with Gasteiger partial charge in [-0.05, 0) is 37.1 Å². The van der Waals surface area contributed by atoms with Crippen LogP contribution < -0.4 is 5.32 Å². The van der Waals surface area contributed by atoms with Crippen molar-refractivity contribution in [3.63, 3.8) is 0 Å². The number of rotatable bonds is 8. The highest BCUT2D eigenvalue weighted by Gasteiger charge is 2.07. The van der Waals surface area contributed by atoms with E-state index in [1.165, 1.54) is 11.8 Å². The average Bonchev–Trinajstić information content (AvgIpc) is 2.38. The summed E-state index contributed by atoms with van der Waals surface area (Å²) in [7, 11) is 1.54. The van der Waals surface area contributed by atoms with Crippen LogP contribution in [-0.4, -0.2) is 43.1 Å². The van der Waals surface area contributed by atoms with Gasteiger partial charge >= 0.3 is 0 Å². The molecule has 0 saturated carbocycles. The molecule has 0 aromatic heterocycles. The van der Waals surface area contributed by atoms with E-state index in [1.54, 1.807) is 7.11 Å². The lowest BCUT2D eigenvalue weighted by Crippen LogP contribution is -2.29. The molecule has 0 aliphatic heterocycles. The fourth-order valence-electron chi connectivity index (χ4n) is 1.62. The largest absolute Gasteiger partial charge is 0.391 e. The van der Waals surface area contributed by atoms with Gasteiger partial charge in [-0.15, -0.1) is 11.8 Å². The van der Waals surface area contributed by atoms with Crippen LogP contribution in [0.2, 0.25) is 0 Å². The van der Waals surface area contributed by atoms with Gasteiger partial charge in [0.05, 0.1) is 18.5 Å². The zero-order valence-corrected chi connectivity index (χ0v) is 14.1. The second kappa shape index (κ2) is 9.39. The number of carbonyl (C=O) groups is 1. The fourth-order valence-corrected chi connectivity index (χ4v) is 2.94. The molecule has 0 heterocycles. The molecular formula is C14H20BrNO3S. The molecule has 1 aromatic rings. The third-order valence-corrected chi connectivity index (χ3v) is 4.32. The standard InChI is InChI=1S/C14H20BrNO3S/c1-10-7-11(15)3-4-13(10)20-9-14(18)16-6-5-12(17)8-19-2/h3-4,7,12,17H,5-6,8-9H2,1-2H3,(H,16,18). The van der Waals surface area contributed by atoms with Gasteiger partial charge < -0.3 is 15.2 Å². The summed E-state index contributed by atoms with van der Waals surface area (Å²) >= 11 is 4.93. The van der Waals surface area contributed by atoms with Gasteiger partial charge in [0.2, 0.25) is 5.91 Å². The van der Waals surface area contributed by atoms with E-state index in [-0.39, 0.29) is 5.91 Å². The fraction of sp³-hybridized carbons (Fsp3) is 0.500. The molecule has 6 heteroatoms. The number of carbonyl (C=O) groups excluding carboxylic acids is 1. The van der Waals surface area contributed by atoms with E-state index >= 15 is 0 Å². The van der Waals surface area contributed by atoms with E-state index in [9.17, 15) is 9.90 Å². The maximum atomic E-state index is 11.7. The summed E-state index contributed by atoms with van der Waals surface area (Å²) in [5.74, 6) is 0.352. The lowest BCUT2D eigenvalue weighted by Gasteiger charge is -2.10. The van der Waals surface area contributed by atoms with Crippen molar-refractivity contribution in [2.45, 2.75) is 24.3 Å². The molecule has 20 heavy (non-hydrogen) atoms. The first-order valence-corrected chi connectivity index (χ1v) is 8.13. The maximum Gasteiger partial charge on any atom is 0.230 e. The lowest BCUT2D eigenvalue weighted by molar-refractivity contribution is -0.118. The Morgan fingerprint density at radius 1 is 1.55 bits per heavy atom. The monoisotopic (exact) mass is 361 g/mol. The van der Waals surface area contributed by atoms with Crippen LogP contribution in [0.15, 0.2) is 27.6 Å². The van der Waals surface area contributed by atoms with E-state index in [2.05, 4.69) is 21.2 Å². The van der Waals surface area contributed by atoms with Gasteiger partial charge in [-0.3, -0.25) is 4.79 Å². The highest BCUT2D eigenvalue weighted by Crippen LogP contribution is 2.24. The van der Waals surface area contributed by atoms with Crippen molar-refractivity contribution in [3.05, 3.63) is 28.2 Å². The summed E-state index contributed by atoms with van der Waals surface area (Å²) in [6.07, 6.45) is -0.0247. The van der Waals surface area contributed by atoms with E-state index in [0.29, 0.717) is 25.3 Å². The normalized spacial score (nSPS) is 12.2. The SMILES string of the molecule is COCC(O)CCNC(=O)CSc1ccc(Br)cc1C. The van der Waals surface area contributed by atoms with Crippen LogP contribution in [0.1, 0.15) is 12.0 Å². The molecule has 1 amide bonds. The van der Waals surface area contributed by atoms with E-state index in [4.69, 9.17) is 4.74 Å². The van der Waals surface area contributed by atoms with Crippen LogP contribution in [0.3, 0.4) is 0 Å². The van der Waals surface area contributed by atoms with Crippen molar-refractivity contribution in [1.29, 1.82) is 0 Å². The smallest absolute Gasteiger partial charge is 0.230 e. The summed E-state index contributed by atoms with van der Waals surface area (Å²) in [6, 6.07) is 6.00. The third kappa shape index (κ3) is 6.74. The van der Waals surface area contributed by atoms with Gasteiger partial charge in [-0.1, -0.05) is 15.9 Å². The minimum Gasteiger partial charge on any atom is -0.391 e. The van der Waals surface area contributed by atoms with Crippen molar-refractivity contribution in [3.8, 4) is 0 Å². The molecule has 0 aliphatic carbocycles. The second-order valence-corrected chi connectivity index (χ2v) is 6.38. The van der Waals surface area contributed by atoms with Crippen LogP contribution in [0.4, 0.5) is 0 Å². The Balaban J connectivity index is 2.26. The summed E-state index contributed by atoms with van der Waals surface area (Å²) in [6.45, 7) is 2.78. The first-order chi connectivity index (χ1) is 9.52. The first-order valence-electron chi connectivity index (χ1n) is 6.35. The van der Waals surface area contributed by atoms with Gasteiger partial charge in [-0.2, -0.15) is 0 Å². The number of ether oxygens (including phenoxy) is 1. The van der Waals surface area contributed by atoms with Gasteiger partial charge in [-0.25, -0.2) is 0 Å². The molecule has 0 bridgehead atoms. The molecule has 112 valence electrons. The molecule has 0 saturated heterocycles. The van der Waals surface area contributed by atoms with Gasteiger partial charge in [0.1, 0.15) is 0 Å². The number of hydrogen-bond donors (Lipinski definition) is 2. The van der Waals surface area contributed by atoms with Crippen molar-refractivity contribution < 1.29 is 14.6 Å². The number of methoxy groups -OCH3 is 1. The minimum absolute atomic E-state index is 0.0260. The Morgan fingerprint density at radius 3 is 2.95 bits per heavy atom. The van der Waals surface area contributed by atoms with Crippen LogP contribution in [0, 0.1) is 6.92 Å². The summed E-state index contributed by atoms with van der Waals surface area (Å²) in [4.78, 5) is 12.8. The Hall–Kier alpha value is -0.560. The molecule has 0 fully saturated rings. The Labute approximate surface area is 132 Å². The number of benzene rings is 1. The van der Waals surface area contributed by atoms with Crippen LogP contribution in [0.25, 0.3) is 0 Å². The molecule has 1 atom stereocenters. The number of aliphatic hydroxyl groups excluding tert-OH is 1. The van der Waals surface area contributed by atoms with Crippen molar-refractivity contribution >= 4 is 33.6 Å². The predicted molar refractivity (Wildman–Crippen MR) is 85.1 cm³/mol. The molecule has 0 radical (unpaired) electrons. The topological polar surface area (TPSA) is 58.6 Å². The van der Waals surface area contributed by atoms with Gasteiger partial charge in [0.25, 0.3) is 0 Å². The molecule has 2 N–H and O–H groups in total. The predicted octanol–water partition coefficient (Wildman–Crippen LogP) is 2.36. The number of hydrogen-bond acceptors (Lipinski definition) is 4. The van der Waals surface area contributed by atoms with Crippen molar-refractivity contribution in [2.75, 3.05) is 26.0 Å². The van der Waals surface area contributed by atoms with Gasteiger partial charge in [0, 0.05) is 23.0 Å². The molecule has 1 rings (SSSR count). The molecule has 0 spiro atoms. The molecule has 0 aliphatic rings. The van der Waals surface area contributed by atoms with Crippen molar-refractivity contribution in [1.82, 2.24) is 5.32 Å². The number of halogens is 1. The van der Waals surface area contributed by atoms with E-state index in [1.807, 2.05) is 25.1 Å². The minimum atomic E-state index is -0.526. The Kier molecular flexibility index (Phi) is 8.21. The van der Waals surface area contributed by atoms with Crippen molar-refractivity contribution in [2.24, 2.45) is 0 Å². The maximum absolute atomic E-state index is 11.7.